The van der Waals surface area contributed by atoms with E-state index in [9.17, 15) is 4.79 Å². The fraction of sp³-hybridized carbons (Fsp3) is 0.364. The number of carbonyl (C=O) groups excluding carboxylic acids is 1. The second-order valence-corrected chi connectivity index (χ2v) is 3.56. The highest BCUT2D eigenvalue weighted by molar-refractivity contribution is 6.17. The summed E-state index contributed by atoms with van der Waals surface area (Å²) in [6.07, 6.45) is 0. The monoisotopic (exact) mass is 211 g/mol. The van der Waals surface area contributed by atoms with E-state index in [0.717, 1.165) is 11.1 Å². The minimum Gasteiger partial charge on any atom is -0.350 e. The molecule has 1 aromatic rings. The molecule has 0 radical (unpaired) electrons. The smallest absolute Gasteiger partial charge is 0.217 e. The molecule has 14 heavy (non-hydrogen) atoms. The molecule has 2 nitrogen and oxygen atoms in total. The molecule has 0 aliphatic rings. The van der Waals surface area contributed by atoms with Crippen LogP contribution in [0.25, 0.3) is 0 Å². The number of nitrogens with one attached hydrogen (secondary N) is 1. The summed E-state index contributed by atoms with van der Waals surface area (Å²) in [5.74, 6) is 0.508. The number of hydrogen-bond donors (Lipinski definition) is 1. The molecule has 3 heteroatoms. The largest absolute Gasteiger partial charge is 0.350 e. The van der Waals surface area contributed by atoms with Crippen molar-refractivity contribution in [2.75, 3.05) is 0 Å². The minimum absolute atomic E-state index is 0.0149. The number of alkyl halides is 1. The quantitative estimate of drug-likeness (QED) is 0.766. The molecule has 1 aromatic carbocycles. The minimum atomic E-state index is -0.0149. The molecule has 1 N–H and O–H groups in total. The van der Waals surface area contributed by atoms with Gasteiger partial charge in [0, 0.05) is 12.8 Å². The molecule has 0 spiro atoms. The first-order valence-corrected chi connectivity index (χ1v) is 5.09. The lowest BCUT2D eigenvalue weighted by atomic mass is 10.1. The first-order valence-electron chi connectivity index (χ1n) is 4.55. The van der Waals surface area contributed by atoms with Crippen molar-refractivity contribution in [2.24, 2.45) is 0 Å². The van der Waals surface area contributed by atoms with Gasteiger partial charge in [-0.25, -0.2) is 0 Å². The normalized spacial score (nSPS) is 12.2. The number of hydrogen-bond acceptors (Lipinski definition) is 1. The lowest BCUT2D eigenvalue weighted by Crippen LogP contribution is -2.23. The van der Waals surface area contributed by atoms with Gasteiger partial charge in [-0.05, 0) is 18.1 Å². The van der Waals surface area contributed by atoms with Gasteiger partial charge in [0.05, 0.1) is 6.04 Å². The lowest BCUT2D eigenvalue weighted by molar-refractivity contribution is -0.119. The molecular weight excluding hydrogens is 198 g/mol. The van der Waals surface area contributed by atoms with E-state index in [-0.39, 0.29) is 11.9 Å². The van der Waals surface area contributed by atoms with Crippen molar-refractivity contribution >= 4 is 17.5 Å². The first kappa shape index (κ1) is 11.1. The van der Waals surface area contributed by atoms with Crippen LogP contribution in [0.3, 0.4) is 0 Å². The first-order chi connectivity index (χ1) is 6.63. The number of halogens is 1. The van der Waals surface area contributed by atoms with Crippen LogP contribution in [-0.2, 0) is 10.7 Å². The summed E-state index contributed by atoms with van der Waals surface area (Å²) in [5.41, 5.74) is 2.18. The van der Waals surface area contributed by atoms with Crippen LogP contribution >= 0.6 is 11.6 Å². The van der Waals surface area contributed by atoms with E-state index in [4.69, 9.17) is 11.6 Å². The van der Waals surface area contributed by atoms with Crippen molar-refractivity contribution in [3.8, 4) is 0 Å². The standard InChI is InChI=1S/C11H14ClNO/c1-8(13-9(2)14)11-5-3-10(7-12)4-6-11/h3-6,8H,7H2,1-2H3,(H,13,14)/t8-/m1/s1. The number of amides is 1. The van der Waals surface area contributed by atoms with E-state index in [0.29, 0.717) is 5.88 Å². The van der Waals surface area contributed by atoms with E-state index >= 15 is 0 Å². The van der Waals surface area contributed by atoms with Gasteiger partial charge in [0.25, 0.3) is 0 Å². The van der Waals surface area contributed by atoms with Crippen LogP contribution in [0.5, 0.6) is 0 Å². The van der Waals surface area contributed by atoms with Gasteiger partial charge < -0.3 is 5.32 Å². The van der Waals surface area contributed by atoms with Crippen LogP contribution in [0.2, 0.25) is 0 Å². The summed E-state index contributed by atoms with van der Waals surface area (Å²) >= 11 is 5.67. The molecule has 0 saturated carbocycles. The molecule has 1 rings (SSSR count). The molecule has 0 fully saturated rings. The Balaban J connectivity index is 2.71. The molecule has 76 valence electrons. The van der Waals surface area contributed by atoms with Gasteiger partial charge in [-0.15, -0.1) is 11.6 Å². The molecule has 0 unspecified atom stereocenters. The van der Waals surface area contributed by atoms with Gasteiger partial charge in [0.2, 0.25) is 5.91 Å². The zero-order valence-electron chi connectivity index (χ0n) is 8.38. The lowest BCUT2D eigenvalue weighted by Gasteiger charge is -2.12. The maximum Gasteiger partial charge on any atom is 0.217 e. The molecule has 1 amide bonds. The molecule has 1 atom stereocenters. The SMILES string of the molecule is CC(=O)N[C@H](C)c1ccc(CCl)cc1. The Morgan fingerprint density at radius 2 is 2.00 bits per heavy atom. The Morgan fingerprint density at radius 3 is 2.43 bits per heavy atom. The highest BCUT2D eigenvalue weighted by atomic mass is 35.5. The van der Waals surface area contributed by atoms with Crippen molar-refractivity contribution in [3.63, 3.8) is 0 Å². The van der Waals surface area contributed by atoms with Crippen LogP contribution in [0.15, 0.2) is 24.3 Å². The Morgan fingerprint density at radius 1 is 1.43 bits per heavy atom. The van der Waals surface area contributed by atoms with Crippen LogP contribution in [0.1, 0.15) is 31.0 Å². The molecule has 0 aromatic heterocycles. The van der Waals surface area contributed by atoms with Gasteiger partial charge in [0.15, 0.2) is 0 Å². The maximum atomic E-state index is 10.8. The third-order valence-corrected chi connectivity index (χ3v) is 2.36. The number of rotatable bonds is 3. The van der Waals surface area contributed by atoms with E-state index in [1.807, 2.05) is 31.2 Å². The van der Waals surface area contributed by atoms with Crippen LogP contribution in [0.4, 0.5) is 0 Å². The highest BCUT2D eigenvalue weighted by Crippen LogP contribution is 2.14. The Labute approximate surface area is 89.3 Å². The van der Waals surface area contributed by atoms with E-state index < -0.39 is 0 Å². The highest BCUT2D eigenvalue weighted by Gasteiger charge is 2.05. The predicted octanol–water partition coefficient (Wildman–Crippen LogP) is 2.62. The maximum absolute atomic E-state index is 10.8. The van der Waals surface area contributed by atoms with Crippen molar-refractivity contribution in [3.05, 3.63) is 35.4 Å². The average Bonchev–Trinajstić information content (AvgIpc) is 2.17. The topological polar surface area (TPSA) is 29.1 Å². The van der Waals surface area contributed by atoms with Gasteiger partial charge in [0.1, 0.15) is 0 Å². The zero-order valence-corrected chi connectivity index (χ0v) is 9.14. The summed E-state index contributed by atoms with van der Waals surface area (Å²) in [7, 11) is 0. The summed E-state index contributed by atoms with van der Waals surface area (Å²) in [5, 5.41) is 2.82. The van der Waals surface area contributed by atoms with Crippen molar-refractivity contribution in [1.29, 1.82) is 0 Å². The molecule has 0 aliphatic carbocycles. The Kier molecular flexibility index (Phi) is 3.96. The summed E-state index contributed by atoms with van der Waals surface area (Å²) in [6.45, 7) is 3.47. The van der Waals surface area contributed by atoms with Crippen molar-refractivity contribution < 1.29 is 4.79 Å². The zero-order chi connectivity index (χ0) is 10.6. The summed E-state index contributed by atoms with van der Waals surface area (Å²) in [4.78, 5) is 10.8. The number of benzene rings is 1. The summed E-state index contributed by atoms with van der Waals surface area (Å²) < 4.78 is 0. The van der Waals surface area contributed by atoms with Gasteiger partial charge in [-0.2, -0.15) is 0 Å². The third kappa shape index (κ3) is 3.04. The summed E-state index contributed by atoms with van der Waals surface area (Å²) in [6, 6.07) is 7.97. The Bertz CT molecular complexity index is 308. The fourth-order valence-electron chi connectivity index (χ4n) is 1.28. The second kappa shape index (κ2) is 5.01. The second-order valence-electron chi connectivity index (χ2n) is 3.30. The van der Waals surface area contributed by atoms with E-state index in [1.165, 1.54) is 6.92 Å². The molecule has 0 aliphatic heterocycles. The number of carbonyl (C=O) groups is 1. The van der Waals surface area contributed by atoms with Crippen LogP contribution in [0, 0.1) is 0 Å². The van der Waals surface area contributed by atoms with Gasteiger partial charge in [-0.3, -0.25) is 4.79 Å². The molecule has 0 bridgehead atoms. The molecular formula is C11H14ClNO. The van der Waals surface area contributed by atoms with Crippen molar-refractivity contribution in [1.82, 2.24) is 5.32 Å². The fourth-order valence-corrected chi connectivity index (χ4v) is 1.46. The third-order valence-electron chi connectivity index (χ3n) is 2.05. The average molecular weight is 212 g/mol. The van der Waals surface area contributed by atoms with Gasteiger partial charge >= 0.3 is 0 Å². The van der Waals surface area contributed by atoms with E-state index in [1.54, 1.807) is 0 Å². The van der Waals surface area contributed by atoms with Gasteiger partial charge in [-0.1, -0.05) is 24.3 Å². The predicted molar refractivity (Wildman–Crippen MR) is 58.2 cm³/mol. The van der Waals surface area contributed by atoms with Crippen molar-refractivity contribution in [2.45, 2.75) is 25.8 Å². The Hall–Kier alpha value is -1.02. The molecule has 0 heterocycles. The van der Waals surface area contributed by atoms with E-state index in [2.05, 4.69) is 5.32 Å². The molecule has 0 saturated heterocycles. The van der Waals surface area contributed by atoms with Crippen LogP contribution in [-0.4, -0.2) is 5.91 Å². The van der Waals surface area contributed by atoms with Crippen LogP contribution < -0.4 is 5.32 Å².